The Balaban J connectivity index is 1.83. The highest BCUT2D eigenvalue weighted by Crippen LogP contribution is 2.46. The second-order valence-corrected chi connectivity index (χ2v) is 12.1. The third-order valence-corrected chi connectivity index (χ3v) is 8.79. The fourth-order valence-corrected chi connectivity index (χ4v) is 6.25. The maximum atomic E-state index is 12.9. The molecule has 1 aromatic rings. The Morgan fingerprint density at radius 1 is 1.06 bits per heavy atom. The van der Waals surface area contributed by atoms with Gasteiger partial charge in [0.15, 0.2) is 0 Å². The smallest absolute Gasteiger partial charge is 0.306 e. The molecule has 0 aromatic heterocycles. The number of thioether (sulfide) groups is 1. The Morgan fingerprint density at radius 2 is 1.76 bits per heavy atom. The van der Waals surface area contributed by atoms with E-state index in [9.17, 15) is 13.2 Å². The molecule has 5 nitrogen and oxygen atoms in total. The number of carbonyl (C=O) groups is 1. The Labute approximate surface area is 205 Å². The summed E-state index contributed by atoms with van der Waals surface area (Å²) in [5.41, 5.74) is 1.02. The molecule has 0 bridgehead atoms. The van der Waals surface area contributed by atoms with Crippen molar-refractivity contribution in [1.29, 1.82) is 0 Å². The van der Waals surface area contributed by atoms with Gasteiger partial charge < -0.3 is 4.74 Å². The number of rotatable bonds is 18. The molecule has 188 valence electrons. The largest absolute Gasteiger partial charge is 0.469 e. The predicted octanol–water partition coefficient (Wildman–Crippen LogP) is 6.53. The SMILES string of the molecule is CCCCCCCCC1CC1CC(CCSCCC(=O)OC)OS(=O)(=O)c1ccc(C)cc1. The molecular formula is C26H42O5S2. The van der Waals surface area contributed by atoms with Crippen molar-refractivity contribution in [2.24, 2.45) is 11.8 Å². The van der Waals surface area contributed by atoms with Crippen LogP contribution in [0.3, 0.4) is 0 Å². The lowest BCUT2D eigenvalue weighted by molar-refractivity contribution is -0.140. The lowest BCUT2D eigenvalue weighted by Gasteiger charge is -2.18. The summed E-state index contributed by atoms with van der Waals surface area (Å²) in [6.07, 6.45) is 11.8. The number of hydrogen-bond acceptors (Lipinski definition) is 6. The third kappa shape index (κ3) is 11.3. The van der Waals surface area contributed by atoms with Gasteiger partial charge in [0.05, 0.1) is 24.5 Å². The lowest BCUT2D eigenvalue weighted by atomic mass is 10.0. The van der Waals surface area contributed by atoms with Gasteiger partial charge in [-0.2, -0.15) is 20.2 Å². The molecule has 3 atom stereocenters. The molecule has 1 saturated carbocycles. The van der Waals surface area contributed by atoms with E-state index in [0.717, 1.165) is 23.7 Å². The number of ether oxygens (including phenoxy) is 1. The summed E-state index contributed by atoms with van der Waals surface area (Å²) in [5.74, 6) is 2.51. The van der Waals surface area contributed by atoms with Crippen LogP contribution in [0.4, 0.5) is 0 Å². The maximum absolute atomic E-state index is 12.9. The molecular weight excluding hydrogens is 456 g/mol. The minimum atomic E-state index is -3.78. The van der Waals surface area contributed by atoms with Gasteiger partial charge in [0.1, 0.15) is 0 Å². The number of hydrogen-bond donors (Lipinski definition) is 0. The minimum Gasteiger partial charge on any atom is -0.469 e. The second-order valence-electron chi connectivity index (χ2n) is 9.26. The first-order valence-corrected chi connectivity index (χ1v) is 15.1. The second kappa shape index (κ2) is 15.0. The van der Waals surface area contributed by atoms with Crippen molar-refractivity contribution >= 4 is 27.8 Å². The molecule has 1 aromatic carbocycles. The van der Waals surface area contributed by atoms with Gasteiger partial charge in [-0.15, -0.1) is 0 Å². The topological polar surface area (TPSA) is 69.7 Å². The van der Waals surface area contributed by atoms with Gasteiger partial charge in [0.2, 0.25) is 0 Å². The molecule has 2 rings (SSSR count). The number of aryl methyl sites for hydroxylation is 1. The highest BCUT2D eigenvalue weighted by atomic mass is 32.2. The van der Waals surface area contributed by atoms with Gasteiger partial charge in [-0.3, -0.25) is 8.98 Å². The molecule has 1 aliphatic rings. The van der Waals surface area contributed by atoms with E-state index in [4.69, 9.17) is 4.18 Å². The van der Waals surface area contributed by atoms with E-state index in [2.05, 4.69) is 11.7 Å². The number of methoxy groups -OCH3 is 1. The number of unbranched alkanes of at least 4 members (excludes halogenated alkanes) is 5. The first kappa shape index (κ1) is 28.2. The molecule has 0 aliphatic heterocycles. The van der Waals surface area contributed by atoms with E-state index in [1.165, 1.54) is 58.5 Å². The van der Waals surface area contributed by atoms with E-state index in [1.54, 1.807) is 36.0 Å². The van der Waals surface area contributed by atoms with E-state index < -0.39 is 10.1 Å². The Morgan fingerprint density at radius 3 is 2.45 bits per heavy atom. The van der Waals surface area contributed by atoms with Crippen LogP contribution in [0.2, 0.25) is 0 Å². The first-order valence-electron chi connectivity index (χ1n) is 12.5. The van der Waals surface area contributed by atoms with Crippen molar-refractivity contribution in [2.75, 3.05) is 18.6 Å². The van der Waals surface area contributed by atoms with Crippen molar-refractivity contribution in [3.8, 4) is 0 Å². The Hall–Kier alpha value is -1.05. The summed E-state index contributed by atoms with van der Waals surface area (Å²) in [6.45, 7) is 4.17. The number of esters is 1. The Kier molecular flexibility index (Phi) is 12.9. The molecule has 0 heterocycles. The first-order chi connectivity index (χ1) is 15.9. The summed E-state index contributed by atoms with van der Waals surface area (Å²) >= 11 is 1.64. The monoisotopic (exact) mass is 498 g/mol. The van der Waals surface area contributed by atoms with Crippen LogP contribution in [-0.4, -0.2) is 39.1 Å². The van der Waals surface area contributed by atoms with Crippen LogP contribution < -0.4 is 0 Å². The highest BCUT2D eigenvalue weighted by molar-refractivity contribution is 7.99. The average Bonchev–Trinajstić information content (AvgIpc) is 3.53. The van der Waals surface area contributed by atoms with Gasteiger partial charge in [-0.1, -0.05) is 69.6 Å². The summed E-state index contributed by atoms with van der Waals surface area (Å²) in [5, 5.41) is 0. The molecule has 7 heteroatoms. The molecule has 0 radical (unpaired) electrons. The fraction of sp³-hybridized carbons (Fsp3) is 0.731. The summed E-state index contributed by atoms with van der Waals surface area (Å²) in [7, 11) is -2.39. The molecule has 0 amide bonds. The standard InChI is InChI=1S/C26H42O5S2/c1-4-5-6-7-8-9-10-22-19-23(22)20-24(15-17-32-18-16-26(27)30-3)31-33(28,29)25-13-11-21(2)12-14-25/h11-14,22-24H,4-10,15-20H2,1-3H3. The maximum Gasteiger partial charge on any atom is 0.306 e. The highest BCUT2D eigenvalue weighted by Gasteiger charge is 2.38. The zero-order valence-corrected chi connectivity index (χ0v) is 22.2. The quantitative estimate of drug-likeness (QED) is 0.130. The van der Waals surface area contributed by atoms with Crippen molar-refractivity contribution in [2.45, 2.75) is 95.5 Å². The molecule has 3 unspecified atom stereocenters. The molecule has 1 fully saturated rings. The minimum absolute atomic E-state index is 0.215. The lowest BCUT2D eigenvalue weighted by Crippen LogP contribution is -2.21. The van der Waals surface area contributed by atoms with Crippen LogP contribution in [-0.2, 0) is 23.8 Å². The van der Waals surface area contributed by atoms with Gasteiger partial charge >= 0.3 is 5.97 Å². The van der Waals surface area contributed by atoms with Crippen LogP contribution >= 0.6 is 11.8 Å². The molecule has 0 N–H and O–H groups in total. The zero-order valence-electron chi connectivity index (χ0n) is 20.6. The molecule has 0 spiro atoms. The number of benzene rings is 1. The van der Waals surface area contributed by atoms with Crippen LogP contribution in [0.5, 0.6) is 0 Å². The average molecular weight is 499 g/mol. The van der Waals surface area contributed by atoms with Gasteiger partial charge in [-0.05, 0) is 55.9 Å². The van der Waals surface area contributed by atoms with Gasteiger partial charge in [0.25, 0.3) is 10.1 Å². The van der Waals surface area contributed by atoms with Crippen LogP contribution in [0.15, 0.2) is 29.2 Å². The summed E-state index contributed by atoms with van der Waals surface area (Å²) < 4.78 is 36.1. The van der Waals surface area contributed by atoms with Gasteiger partial charge in [-0.25, -0.2) is 0 Å². The van der Waals surface area contributed by atoms with Crippen molar-refractivity contribution < 1.29 is 22.1 Å². The number of carbonyl (C=O) groups excluding carboxylic acids is 1. The van der Waals surface area contributed by atoms with E-state index in [0.29, 0.717) is 24.5 Å². The predicted molar refractivity (Wildman–Crippen MR) is 136 cm³/mol. The molecule has 1 aliphatic carbocycles. The zero-order chi connectivity index (χ0) is 24.1. The van der Waals surface area contributed by atoms with Gasteiger partial charge in [0, 0.05) is 5.75 Å². The van der Waals surface area contributed by atoms with E-state index in [1.807, 2.05) is 6.92 Å². The summed E-state index contributed by atoms with van der Waals surface area (Å²) in [4.78, 5) is 11.5. The van der Waals surface area contributed by atoms with Crippen molar-refractivity contribution in [3.05, 3.63) is 29.8 Å². The van der Waals surface area contributed by atoms with Crippen LogP contribution in [0.25, 0.3) is 0 Å². The van der Waals surface area contributed by atoms with Crippen LogP contribution in [0.1, 0.15) is 83.1 Å². The molecule has 33 heavy (non-hydrogen) atoms. The molecule has 0 saturated heterocycles. The van der Waals surface area contributed by atoms with E-state index in [-0.39, 0.29) is 17.0 Å². The van der Waals surface area contributed by atoms with E-state index >= 15 is 0 Å². The van der Waals surface area contributed by atoms with Crippen molar-refractivity contribution in [1.82, 2.24) is 0 Å². The van der Waals surface area contributed by atoms with Crippen molar-refractivity contribution in [3.63, 3.8) is 0 Å². The third-order valence-electron chi connectivity index (χ3n) is 6.40. The fourth-order valence-electron chi connectivity index (χ4n) is 4.20. The van der Waals surface area contributed by atoms with Crippen LogP contribution in [0, 0.1) is 18.8 Å². The normalized spacial score (nSPS) is 18.8. The summed E-state index contributed by atoms with van der Waals surface area (Å²) in [6, 6.07) is 6.83. The Bertz CT molecular complexity index is 791.